The van der Waals surface area contributed by atoms with Crippen LogP contribution >= 0.6 is 0 Å². The fourth-order valence-corrected chi connectivity index (χ4v) is 4.29. The van der Waals surface area contributed by atoms with E-state index in [4.69, 9.17) is 23.7 Å². The van der Waals surface area contributed by atoms with Crippen molar-refractivity contribution in [1.82, 2.24) is 0 Å². The molecule has 0 aliphatic carbocycles. The molecule has 0 unspecified atom stereocenters. The second-order valence-electron chi connectivity index (χ2n) is 9.67. The third-order valence-electron chi connectivity index (χ3n) is 6.26. The summed E-state index contributed by atoms with van der Waals surface area (Å²) in [4.78, 5) is 36.1. The van der Waals surface area contributed by atoms with Gasteiger partial charge >= 0.3 is 17.9 Å². The molecule has 0 fully saturated rings. The minimum absolute atomic E-state index is 0.0824. The summed E-state index contributed by atoms with van der Waals surface area (Å²) in [7, 11) is 1.60. The van der Waals surface area contributed by atoms with Crippen molar-refractivity contribution in [3.05, 3.63) is 46.6 Å². The topological polar surface area (TPSA) is 97.4 Å². The molecule has 0 aromatic heterocycles. The molecule has 0 saturated carbocycles. The number of ether oxygens (including phenoxy) is 5. The van der Waals surface area contributed by atoms with Gasteiger partial charge in [-0.1, -0.05) is 37.1 Å². The predicted octanol–water partition coefficient (Wildman–Crippen LogP) is 5.95. The molecule has 1 aromatic rings. The molecule has 8 nitrogen and oxygen atoms in total. The first kappa shape index (κ1) is 30.9. The molecule has 8 heteroatoms. The van der Waals surface area contributed by atoms with Crippen LogP contribution in [0.1, 0.15) is 92.8 Å². The minimum atomic E-state index is -0.400. The summed E-state index contributed by atoms with van der Waals surface area (Å²) in [5.41, 5.74) is 3.88. The molecular weight excluding hydrogens is 488 g/mol. The molecule has 38 heavy (non-hydrogen) atoms. The van der Waals surface area contributed by atoms with Gasteiger partial charge in [0.2, 0.25) is 0 Å². The zero-order chi connectivity index (χ0) is 28.1. The van der Waals surface area contributed by atoms with Gasteiger partial charge in [0.25, 0.3) is 0 Å². The number of hydrogen-bond acceptors (Lipinski definition) is 8. The summed E-state index contributed by atoms with van der Waals surface area (Å²) in [6.45, 7) is 12.1. The molecule has 1 aliphatic heterocycles. The molecule has 0 bridgehead atoms. The van der Waals surface area contributed by atoms with Gasteiger partial charge in [0.15, 0.2) is 0 Å². The van der Waals surface area contributed by atoms with Crippen molar-refractivity contribution < 1.29 is 38.1 Å². The van der Waals surface area contributed by atoms with Crippen LogP contribution in [0.3, 0.4) is 0 Å². The molecule has 0 radical (unpaired) electrons. The molecular formula is C30H42O8. The largest absolute Gasteiger partial charge is 0.496 e. The summed E-state index contributed by atoms with van der Waals surface area (Å²) in [5, 5.41) is 0. The lowest BCUT2D eigenvalue weighted by molar-refractivity contribution is -0.147. The second kappa shape index (κ2) is 15.8. The Morgan fingerprint density at radius 2 is 1.79 bits per heavy atom. The van der Waals surface area contributed by atoms with E-state index in [9.17, 15) is 14.4 Å². The Morgan fingerprint density at radius 3 is 2.47 bits per heavy atom. The number of cyclic esters (lactones) is 1. The molecule has 0 spiro atoms. The Morgan fingerprint density at radius 1 is 1.05 bits per heavy atom. The lowest BCUT2D eigenvalue weighted by atomic mass is 9.94. The van der Waals surface area contributed by atoms with Gasteiger partial charge in [0.05, 0.1) is 19.8 Å². The van der Waals surface area contributed by atoms with Crippen LogP contribution in [0.25, 0.3) is 0 Å². The number of hydrogen-bond donors (Lipinski definition) is 0. The summed E-state index contributed by atoms with van der Waals surface area (Å²) in [6, 6.07) is 0. The Labute approximate surface area is 226 Å². The van der Waals surface area contributed by atoms with E-state index in [2.05, 4.69) is 6.58 Å². The van der Waals surface area contributed by atoms with Crippen molar-refractivity contribution in [1.29, 1.82) is 0 Å². The molecule has 1 aromatic carbocycles. The van der Waals surface area contributed by atoms with Crippen LogP contribution in [0.5, 0.6) is 11.5 Å². The molecule has 0 amide bonds. The van der Waals surface area contributed by atoms with Crippen LogP contribution in [0.4, 0.5) is 0 Å². The lowest BCUT2D eigenvalue weighted by Crippen LogP contribution is -2.10. The Hall–Kier alpha value is -3.29. The zero-order valence-corrected chi connectivity index (χ0v) is 23.5. The maximum atomic E-state index is 12.4. The highest BCUT2D eigenvalue weighted by atomic mass is 16.5. The SMILES string of the molecule is C=CCOc1c(C/C=C(\C)CCC(=O)OCCCCCCC(=O)OC(C)C)c(OC)c(C)c2c1C(=O)OC2. The van der Waals surface area contributed by atoms with Gasteiger partial charge < -0.3 is 23.7 Å². The highest BCUT2D eigenvalue weighted by Crippen LogP contribution is 2.42. The third-order valence-corrected chi connectivity index (χ3v) is 6.26. The van der Waals surface area contributed by atoms with E-state index in [0.29, 0.717) is 42.9 Å². The number of allylic oxidation sites excluding steroid dienone is 2. The van der Waals surface area contributed by atoms with Gasteiger partial charge in [-0.2, -0.15) is 0 Å². The second-order valence-corrected chi connectivity index (χ2v) is 9.67. The first-order valence-corrected chi connectivity index (χ1v) is 13.3. The van der Waals surface area contributed by atoms with Crippen LogP contribution < -0.4 is 9.47 Å². The molecule has 1 heterocycles. The summed E-state index contributed by atoms with van der Waals surface area (Å²) < 4.78 is 27.3. The van der Waals surface area contributed by atoms with Crippen molar-refractivity contribution in [2.24, 2.45) is 0 Å². The Kier molecular flexibility index (Phi) is 12.9. The fraction of sp³-hybridized carbons (Fsp3) is 0.567. The maximum absolute atomic E-state index is 12.4. The summed E-state index contributed by atoms with van der Waals surface area (Å²) >= 11 is 0. The number of carbonyl (C=O) groups is 3. The molecule has 2 rings (SSSR count). The van der Waals surface area contributed by atoms with Gasteiger partial charge in [-0.05, 0) is 58.9 Å². The van der Waals surface area contributed by atoms with Gasteiger partial charge in [-0.3, -0.25) is 9.59 Å². The van der Waals surface area contributed by atoms with Crippen LogP contribution in [-0.2, 0) is 36.8 Å². The van der Waals surface area contributed by atoms with Crippen LogP contribution in [0.15, 0.2) is 24.3 Å². The Balaban J connectivity index is 1.85. The monoisotopic (exact) mass is 530 g/mol. The van der Waals surface area contributed by atoms with E-state index in [1.807, 2.05) is 33.8 Å². The molecule has 1 aliphatic rings. The van der Waals surface area contributed by atoms with Crippen LogP contribution in [0, 0.1) is 6.92 Å². The highest BCUT2D eigenvalue weighted by Gasteiger charge is 2.33. The maximum Gasteiger partial charge on any atom is 0.342 e. The lowest BCUT2D eigenvalue weighted by Gasteiger charge is -2.19. The average Bonchev–Trinajstić information content (AvgIpc) is 3.26. The Bertz CT molecular complexity index is 1020. The van der Waals surface area contributed by atoms with Crippen molar-refractivity contribution in [3.63, 3.8) is 0 Å². The van der Waals surface area contributed by atoms with E-state index in [1.54, 1.807) is 13.2 Å². The van der Waals surface area contributed by atoms with Gasteiger partial charge in [-0.25, -0.2) is 4.79 Å². The molecule has 0 N–H and O–H groups in total. The standard InChI is InChI=1S/C30H42O8/c1-7-17-36-29-23(28(34-6)22(5)24-19-37-30(33)27(24)29)15-13-21(4)14-16-25(31)35-18-11-9-8-10-12-26(32)38-20(2)3/h7,13,20H,1,8-12,14-19H2,2-6H3/b21-13+. The zero-order valence-electron chi connectivity index (χ0n) is 23.5. The van der Waals surface area contributed by atoms with E-state index >= 15 is 0 Å². The number of methoxy groups -OCH3 is 1. The number of fused-ring (bicyclic) bond motifs is 1. The number of esters is 3. The molecule has 0 saturated heterocycles. The quantitative estimate of drug-likeness (QED) is 0.105. The predicted molar refractivity (Wildman–Crippen MR) is 145 cm³/mol. The minimum Gasteiger partial charge on any atom is -0.496 e. The van der Waals surface area contributed by atoms with E-state index < -0.39 is 5.97 Å². The van der Waals surface area contributed by atoms with E-state index in [1.165, 1.54) is 0 Å². The van der Waals surface area contributed by atoms with Crippen LogP contribution in [-0.4, -0.2) is 44.3 Å². The van der Waals surface area contributed by atoms with Crippen molar-refractivity contribution >= 4 is 17.9 Å². The number of rotatable bonds is 17. The third kappa shape index (κ3) is 9.23. The first-order valence-electron chi connectivity index (χ1n) is 13.3. The average molecular weight is 531 g/mol. The molecule has 0 atom stereocenters. The smallest absolute Gasteiger partial charge is 0.342 e. The van der Waals surface area contributed by atoms with Crippen molar-refractivity contribution in [2.75, 3.05) is 20.3 Å². The van der Waals surface area contributed by atoms with E-state index in [-0.39, 0.29) is 37.7 Å². The number of unbranched alkanes of at least 4 members (excludes halogenated alkanes) is 3. The van der Waals surface area contributed by atoms with Crippen LogP contribution in [0.2, 0.25) is 0 Å². The van der Waals surface area contributed by atoms with E-state index in [0.717, 1.165) is 47.9 Å². The van der Waals surface area contributed by atoms with Gasteiger partial charge in [0, 0.05) is 24.0 Å². The van der Waals surface area contributed by atoms with Gasteiger partial charge in [-0.15, -0.1) is 0 Å². The highest BCUT2D eigenvalue weighted by molar-refractivity contribution is 5.98. The van der Waals surface area contributed by atoms with Crippen molar-refractivity contribution in [3.8, 4) is 11.5 Å². The normalized spacial score (nSPS) is 12.7. The van der Waals surface area contributed by atoms with Crippen molar-refractivity contribution in [2.45, 2.75) is 91.8 Å². The number of benzene rings is 1. The first-order chi connectivity index (χ1) is 18.2. The fourth-order valence-electron chi connectivity index (χ4n) is 4.29. The number of carbonyl (C=O) groups excluding carboxylic acids is 3. The van der Waals surface area contributed by atoms with Gasteiger partial charge in [0.1, 0.15) is 30.3 Å². The summed E-state index contributed by atoms with van der Waals surface area (Å²) in [5.74, 6) is 0.333. The summed E-state index contributed by atoms with van der Waals surface area (Å²) in [6.07, 6.45) is 8.65. The molecule has 210 valence electrons.